The van der Waals surface area contributed by atoms with E-state index in [1.165, 1.54) is 0 Å². The molecule has 0 saturated heterocycles. The molecule has 16 heavy (non-hydrogen) atoms. The molecule has 0 fully saturated rings. The van der Waals surface area contributed by atoms with Crippen LogP contribution in [0.3, 0.4) is 0 Å². The number of carbonyl (C=O) groups excluding carboxylic acids is 1. The van der Waals surface area contributed by atoms with Crippen LogP contribution in [0.15, 0.2) is 18.2 Å². The van der Waals surface area contributed by atoms with Crippen LogP contribution in [-0.2, 0) is 4.79 Å². The fourth-order valence-corrected chi connectivity index (χ4v) is 1.67. The minimum atomic E-state index is 0.0195. The lowest BCUT2D eigenvalue weighted by atomic mass is 10.2. The first-order valence-corrected chi connectivity index (χ1v) is 5.50. The van der Waals surface area contributed by atoms with Crippen LogP contribution in [0.1, 0.15) is 20.3 Å². The van der Waals surface area contributed by atoms with E-state index in [0.29, 0.717) is 13.0 Å². The van der Waals surface area contributed by atoms with Gasteiger partial charge in [0, 0.05) is 13.0 Å². The van der Waals surface area contributed by atoms with E-state index < -0.39 is 0 Å². The number of fused-ring (bicyclic) bond motifs is 1. The number of rotatable bonds is 2. The molecular formula is C12H16N2O2. The summed E-state index contributed by atoms with van der Waals surface area (Å²) in [7, 11) is 0. The number of nitrogens with one attached hydrogen (secondary N) is 2. The predicted molar refractivity (Wildman–Crippen MR) is 63.9 cm³/mol. The molecule has 1 aromatic carbocycles. The largest absolute Gasteiger partial charge is 0.489 e. The Labute approximate surface area is 95.0 Å². The molecule has 1 aliphatic heterocycles. The smallest absolute Gasteiger partial charge is 0.226 e. The summed E-state index contributed by atoms with van der Waals surface area (Å²) in [5.74, 6) is 0.737. The SMILES string of the molecule is CC(C)Oc1cccc2c1NC(=O)CCN2. The average molecular weight is 220 g/mol. The monoisotopic (exact) mass is 220 g/mol. The van der Waals surface area contributed by atoms with Gasteiger partial charge in [0.25, 0.3) is 0 Å². The molecule has 0 atom stereocenters. The Morgan fingerprint density at radius 3 is 2.94 bits per heavy atom. The average Bonchev–Trinajstić information content (AvgIpc) is 2.39. The number of anilines is 2. The molecule has 1 aliphatic rings. The Kier molecular flexibility index (Phi) is 2.99. The van der Waals surface area contributed by atoms with Crippen LogP contribution in [0, 0.1) is 0 Å². The summed E-state index contributed by atoms with van der Waals surface area (Å²) in [6.45, 7) is 4.58. The second-order valence-corrected chi connectivity index (χ2v) is 4.07. The Morgan fingerprint density at radius 2 is 2.19 bits per heavy atom. The second-order valence-electron chi connectivity index (χ2n) is 4.07. The highest BCUT2D eigenvalue weighted by atomic mass is 16.5. The van der Waals surface area contributed by atoms with Crippen LogP contribution in [0.25, 0.3) is 0 Å². The Hall–Kier alpha value is -1.71. The van der Waals surface area contributed by atoms with Crippen LogP contribution >= 0.6 is 0 Å². The molecule has 2 rings (SSSR count). The van der Waals surface area contributed by atoms with Gasteiger partial charge in [-0.3, -0.25) is 4.79 Å². The fourth-order valence-electron chi connectivity index (χ4n) is 1.67. The minimum absolute atomic E-state index is 0.0195. The Balaban J connectivity index is 2.36. The van der Waals surface area contributed by atoms with E-state index in [1.54, 1.807) is 0 Å². The summed E-state index contributed by atoms with van der Waals surface area (Å²) in [6, 6.07) is 5.72. The van der Waals surface area contributed by atoms with Gasteiger partial charge < -0.3 is 15.4 Å². The quantitative estimate of drug-likeness (QED) is 0.803. The molecule has 0 radical (unpaired) electrons. The van der Waals surface area contributed by atoms with Gasteiger partial charge in [-0.2, -0.15) is 0 Å². The first-order valence-electron chi connectivity index (χ1n) is 5.50. The molecule has 1 heterocycles. The van der Waals surface area contributed by atoms with Crippen molar-refractivity contribution in [3.63, 3.8) is 0 Å². The van der Waals surface area contributed by atoms with Gasteiger partial charge in [-0.05, 0) is 26.0 Å². The van der Waals surface area contributed by atoms with Crippen molar-refractivity contribution in [3.8, 4) is 5.75 Å². The van der Waals surface area contributed by atoms with Crippen LogP contribution in [0.4, 0.5) is 11.4 Å². The number of amides is 1. The van der Waals surface area contributed by atoms with E-state index in [2.05, 4.69) is 10.6 Å². The summed E-state index contributed by atoms with van der Waals surface area (Å²) in [5.41, 5.74) is 1.67. The van der Waals surface area contributed by atoms with E-state index in [0.717, 1.165) is 17.1 Å². The number of hydrogen-bond acceptors (Lipinski definition) is 3. The van der Waals surface area contributed by atoms with Gasteiger partial charge in [0.15, 0.2) is 0 Å². The van der Waals surface area contributed by atoms with Crippen molar-refractivity contribution in [1.82, 2.24) is 0 Å². The minimum Gasteiger partial charge on any atom is -0.489 e. The maximum atomic E-state index is 11.5. The Bertz CT molecular complexity index is 402. The van der Waals surface area contributed by atoms with Crippen LogP contribution in [0.2, 0.25) is 0 Å². The van der Waals surface area contributed by atoms with Gasteiger partial charge in [0.2, 0.25) is 5.91 Å². The summed E-state index contributed by atoms with van der Waals surface area (Å²) >= 11 is 0. The first-order chi connectivity index (χ1) is 7.66. The molecule has 0 bridgehead atoms. The molecule has 0 spiro atoms. The van der Waals surface area contributed by atoms with Crippen molar-refractivity contribution in [2.24, 2.45) is 0 Å². The molecule has 86 valence electrons. The summed E-state index contributed by atoms with van der Waals surface area (Å²) in [4.78, 5) is 11.5. The van der Waals surface area contributed by atoms with Crippen molar-refractivity contribution >= 4 is 17.3 Å². The predicted octanol–water partition coefficient (Wildman–Crippen LogP) is 2.23. The molecule has 2 N–H and O–H groups in total. The van der Waals surface area contributed by atoms with E-state index in [-0.39, 0.29) is 12.0 Å². The second kappa shape index (κ2) is 4.43. The third kappa shape index (κ3) is 2.27. The van der Waals surface area contributed by atoms with Crippen LogP contribution in [0.5, 0.6) is 5.75 Å². The van der Waals surface area contributed by atoms with E-state index in [4.69, 9.17) is 4.74 Å². The molecule has 4 heteroatoms. The van der Waals surface area contributed by atoms with Gasteiger partial charge in [-0.1, -0.05) is 6.07 Å². The summed E-state index contributed by atoms with van der Waals surface area (Å²) in [6.07, 6.45) is 0.571. The number of carbonyl (C=O) groups is 1. The number of para-hydroxylation sites is 1. The third-order valence-electron chi connectivity index (χ3n) is 2.32. The summed E-state index contributed by atoms with van der Waals surface area (Å²) < 4.78 is 5.66. The standard InChI is InChI=1S/C12H16N2O2/c1-8(2)16-10-5-3-4-9-12(10)14-11(15)6-7-13-9/h3-5,8,13H,6-7H2,1-2H3,(H,14,15). The number of ether oxygens (including phenoxy) is 1. The van der Waals surface area contributed by atoms with Crippen LogP contribution in [-0.4, -0.2) is 18.6 Å². The molecular weight excluding hydrogens is 204 g/mol. The highest BCUT2D eigenvalue weighted by Crippen LogP contribution is 2.34. The van der Waals surface area contributed by atoms with Crippen molar-refractivity contribution in [2.45, 2.75) is 26.4 Å². The maximum absolute atomic E-state index is 11.5. The molecule has 0 aliphatic carbocycles. The van der Waals surface area contributed by atoms with E-state index in [9.17, 15) is 4.79 Å². The van der Waals surface area contributed by atoms with Gasteiger partial charge >= 0.3 is 0 Å². The van der Waals surface area contributed by atoms with Gasteiger partial charge in [-0.25, -0.2) is 0 Å². The van der Waals surface area contributed by atoms with Gasteiger partial charge in [-0.15, -0.1) is 0 Å². The normalized spacial score (nSPS) is 14.8. The zero-order chi connectivity index (χ0) is 11.5. The molecule has 0 unspecified atom stereocenters. The first kappa shape index (κ1) is 10.8. The molecule has 4 nitrogen and oxygen atoms in total. The third-order valence-corrected chi connectivity index (χ3v) is 2.32. The Morgan fingerprint density at radius 1 is 1.38 bits per heavy atom. The lowest BCUT2D eigenvalue weighted by Crippen LogP contribution is -2.13. The topological polar surface area (TPSA) is 50.4 Å². The number of hydrogen-bond donors (Lipinski definition) is 2. The molecule has 1 aromatic rings. The highest BCUT2D eigenvalue weighted by molar-refractivity contribution is 5.98. The zero-order valence-corrected chi connectivity index (χ0v) is 9.54. The maximum Gasteiger partial charge on any atom is 0.226 e. The lowest BCUT2D eigenvalue weighted by molar-refractivity contribution is -0.115. The number of benzene rings is 1. The van der Waals surface area contributed by atoms with Gasteiger partial charge in [0.1, 0.15) is 11.4 Å². The van der Waals surface area contributed by atoms with Crippen molar-refractivity contribution in [3.05, 3.63) is 18.2 Å². The summed E-state index contributed by atoms with van der Waals surface area (Å²) in [5, 5.41) is 6.08. The van der Waals surface area contributed by atoms with E-state index >= 15 is 0 Å². The molecule has 0 saturated carbocycles. The van der Waals surface area contributed by atoms with Crippen LogP contribution < -0.4 is 15.4 Å². The molecule has 0 aromatic heterocycles. The molecule has 1 amide bonds. The highest BCUT2D eigenvalue weighted by Gasteiger charge is 2.16. The zero-order valence-electron chi connectivity index (χ0n) is 9.54. The van der Waals surface area contributed by atoms with E-state index in [1.807, 2.05) is 32.0 Å². The lowest BCUT2D eigenvalue weighted by Gasteiger charge is -2.16. The fraction of sp³-hybridized carbons (Fsp3) is 0.417. The van der Waals surface area contributed by atoms with Crippen molar-refractivity contribution in [1.29, 1.82) is 0 Å². The van der Waals surface area contributed by atoms with Gasteiger partial charge in [0.05, 0.1) is 11.8 Å². The van der Waals surface area contributed by atoms with Crippen molar-refractivity contribution < 1.29 is 9.53 Å². The van der Waals surface area contributed by atoms with Crippen molar-refractivity contribution in [2.75, 3.05) is 17.2 Å².